The summed E-state index contributed by atoms with van der Waals surface area (Å²) in [5.74, 6) is -0.261. The van der Waals surface area contributed by atoms with Gasteiger partial charge in [0.15, 0.2) is 0 Å². The lowest BCUT2D eigenvalue weighted by molar-refractivity contribution is 0.0677. The van der Waals surface area contributed by atoms with E-state index in [9.17, 15) is 21.6 Å². The first-order valence-corrected chi connectivity index (χ1v) is 13.2. The molecule has 152 valence electrons. The second-order valence-corrected chi connectivity index (χ2v) is 11.8. The fourth-order valence-corrected chi connectivity index (χ4v) is 6.97. The van der Waals surface area contributed by atoms with Gasteiger partial charge in [-0.3, -0.25) is 4.79 Å². The zero-order chi connectivity index (χ0) is 19.7. The van der Waals surface area contributed by atoms with Crippen LogP contribution in [0.5, 0.6) is 0 Å². The van der Waals surface area contributed by atoms with Crippen LogP contribution >= 0.6 is 11.3 Å². The van der Waals surface area contributed by atoms with E-state index in [4.69, 9.17) is 0 Å². The quantitative estimate of drug-likeness (QED) is 0.716. The van der Waals surface area contributed by atoms with Gasteiger partial charge in [-0.15, -0.1) is 11.3 Å². The van der Waals surface area contributed by atoms with E-state index >= 15 is 0 Å². The Labute approximate surface area is 164 Å². The summed E-state index contributed by atoms with van der Waals surface area (Å²) in [6, 6.07) is 1.51. The molecular formula is C16H25N3O5S3. The highest BCUT2D eigenvalue weighted by molar-refractivity contribution is 7.89. The highest BCUT2D eigenvalue weighted by Crippen LogP contribution is 2.29. The summed E-state index contributed by atoms with van der Waals surface area (Å²) >= 11 is 1.15. The van der Waals surface area contributed by atoms with Crippen LogP contribution in [0.3, 0.4) is 0 Å². The fraction of sp³-hybridized carbons (Fsp3) is 0.688. The third kappa shape index (κ3) is 4.89. The minimum atomic E-state index is -3.65. The number of amides is 1. The molecule has 1 aromatic rings. The van der Waals surface area contributed by atoms with Crippen molar-refractivity contribution in [3.05, 3.63) is 16.3 Å². The predicted octanol–water partition coefficient (Wildman–Crippen LogP) is 0.934. The number of thiophene rings is 1. The second-order valence-electron chi connectivity index (χ2n) is 7.11. The number of carbonyl (C=O) groups is 1. The van der Waals surface area contributed by atoms with E-state index in [1.54, 1.807) is 10.3 Å². The molecule has 1 atom stereocenters. The number of rotatable bonds is 6. The zero-order valence-electron chi connectivity index (χ0n) is 15.3. The Morgan fingerprint density at radius 3 is 2.56 bits per heavy atom. The average Bonchev–Trinajstić information content (AvgIpc) is 3.30. The smallest absolute Gasteiger partial charge is 0.265 e. The van der Waals surface area contributed by atoms with Crippen LogP contribution in [0.2, 0.25) is 0 Å². The molecule has 2 saturated heterocycles. The van der Waals surface area contributed by atoms with Crippen molar-refractivity contribution in [2.24, 2.45) is 5.92 Å². The molecule has 2 fully saturated rings. The zero-order valence-corrected chi connectivity index (χ0v) is 17.7. The van der Waals surface area contributed by atoms with Crippen molar-refractivity contribution in [3.8, 4) is 0 Å². The molecule has 2 aliphatic rings. The third-order valence-corrected chi connectivity index (χ3v) is 8.61. The van der Waals surface area contributed by atoms with E-state index in [1.165, 1.54) is 10.4 Å². The van der Waals surface area contributed by atoms with Crippen LogP contribution in [0.25, 0.3) is 0 Å². The molecule has 11 heteroatoms. The fourth-order valence-electron chi connectivity index (χ4n) is 3.55. The molecular weight excluding hydrogens is 410 g/mol. The van der Waals surface area contributed by atoms with Crippen LogP contribution in [0.1, 0.15) is 35.4 Å². The number of piperidine rings is 1. The van der Waals surface area contributed by atoms with Crippen molar-refractivity contribution in [2.45, 2.75) is 30.6 Å². The van der Waals surface area contributed by atoms with Crippen molar-refractivity contribution in [3.63, 3.8) is 0 Å². The monoisotopic (exact) mass is 435 g/mol. The second kappa shape index (κ2) is 8.16. The topological polar surface area (TPSA) is 104 Å². The Hall–Kier alpha value is -1.01. The molecule has 0 spiro atoms. The predicted molar refractivity (Wildman–Crippen MR) is 104 cm³/mol. The molecule has 0 aliphatic carbocycles. The van der Waals surface area contributed by atoms with Gasteiger partial charge in [-0.2, -0.15) is 4.31 Å². The Morgan fingerprint density at radius 1 is 1.19 bits per heavy atom. The molecule has 8 nitrogen and oxygen atoms in total. The molecule has 27 heavy (non-hydrogen) atoms. The lowest BCUT2D eigenvalue weighted by atomic mass is 9.98. The summed E-state index contributed by atoms with van der Waals surface area (Å²) in [4.78, 5) is 15.0. The van der Waals surface area contributed by atoms with Crippen LogP contribution in [-0.2, 0) is 20.0 Å². The van der Waals surface area contributed by atoms with Gasteiger partial charge in [-0.05, 0) is 43.0 Å². The van der Waals surface area contributed by atoms with Gasteiger partial charge in [0.25, 0.3) is 5.91 Å². The van der Waals surface area contributed by atoms with E-state index in [0.717, 1.165) is 43.3 Å². The lowest BCUT2D eigenvalue weighted by Gasteiger charge is -2.32. The maximum Gasteiger partial charge on any atom is 0.265 e. The van der Waals surface area contributed by atoms with Crippen molar-refractivity contribution in [2.75, 3.05) is 39.0 Å². The number of hydrogen-bond acceptors (Lipinski definition) is 6. The summed E-state index contributed by atoms with van der Waals surface area (Å²) in [5, 5.41) is 1.64. The van der Waals surface area contributed by atoms with E-state index in [0.29, 0.717) is 26.2 Å². The van der Waals surface area contributed by atoms with E-state index < -0.39 is 20.0 Å². The number of hydrogen-bond donors (Lipinski definition) is 1. The molecule has 0 aromatic carbocycles. The first-order valence-electron chi connectivity index (χ1n) is 9.00. The van der Waals surface area contributed by atoms with E-state index in [1.807, 2.05) is 0 Å². The number of nitrogens with one attached hydrogen (secondary N) is 1. The normalized spacial score (nSPS) is 22.3. The molecule has 3 heterocycles. The molecule has 1 aromatic heterocycles. The third-order valence-electron chi connectivity index (χ3n) is 4.95. The first-order chi connectivity index (χ1) is 12.7. The summed E-state index contributed by atoms with van der Waals surface area (Å²) in [5.41, 5.74) is 0. The molecule has 1 N–H and O–H groups in total. The molecule has 0 saturated carbocycles. The van der Waals surface area contributed by atoms with Crippen molar-refractivity contribution >= 4 is 37.3 Å². The van der Waals surface area contributed by atoms with Gasteiger partial charge in [0.1, 0.15) is 9.77 Å². The van der Waals surface area contributed by atoms with Crippen LogP contribution in [0.4, 0.5) is 0 Å². The number of carbonyl (C=O) groups excluding carboxylic acids is 1. The minimum absolute atomic E-state index is 0.0241. The summed E-state index contributed by atoms with van der Waals surface area (Å²) in [7, 11) is -6.92. The summed E-state index contributed by atoms with van der Waals surface area (Å²) in [6.45, 7) is 2.24. The van der Waals surface area contributed by atoms with E-state index in [-0.39, 0.29) is 28.1 Å². The van der Waals surface area contributed by atoms with Crippen molar-refractivity contribution in [1.29, 1.82) is 0 Å². The minimum Gasteiger partial charge on any atom is -0.338 e. The van der Waals surface area contributed by atoms with Gasteiger partial charge in [-0.1, -0.05) is 0 Å². The van der Waals surface area contributed by atoms with Crippen LogP contribution in [0.15, 0.2) is 16.3 Å². The summed E-state index contributed by atoms with van der Waals surface area (Å²) < 4.78 is 52.3. The Morgan fingerprint density at radius 2 is 1.89 bits per heavy atom. The maximum absolute atomic E-state index is 13.0. The molecule has 1 unspecified atom stereocenters. The van der Waals surface area contributed by atoms with Gasteiger partial charge in [0.05, 0.1) is 6.26 Å². The van der Waals surface area contributed by atoms with Gasteiger partial charge >= 0.3 is 0 Å². The number of sulfonamides is 2. The molecule has 0 radical (unpaired) electrons. The molecule has 1 amide bonds. The van der Waals surface area contributed by atoms with Crippen LogP contribution in [0, 0.1) is 5.92 Å². The van der Waals surface area contributed by atoms with Gasteiger partial charge in [0, 0.05) is 32.7 Å². The molecule has 3 rings (SSSR count). The average molecular weight is 436 g/mol. The van der Waals surface area contributed by atoms with E-state index in [2.05, 4.69) is 4.72 Å². The Balaban J connectivity index is 1.74. The van der Waals surface area contributed by atoms with Gasteiger partial charge < -0.3 is 4.90 Å². The van der Waals surface area contributed by atoms with Crippen LogP contribution in [-0.4, -0.2) is 70.9 Å². The largest absolute Gasteiger partial charge is 0.338 e. The SMILES string of the molecule is CS(=O)(=O)NCC1CCCN(C(=O)c2sccc2S(=O)(=O)N2CCCC2)C1. The molecule has 2 aliphatic heterocycles. The highest BCUT2D eigenvalue weighted by Gasteiger charge is 2.34. The van der Waals surface area contributed by atoms with Gasteiger partial charge in [0.2, 0.25) is 20.0 Å². The number of nitrogens with zero attached hydrogens (tertiary/aromatic N) is 2. The maximum atomic E-state index is 13.0. The highest BCUT2D eigenvalue weighted by atomic mass is 32.2. The standard InChI is InChI=1S/C16H25N3O5S3/c1-26(21,22)17-11-13-5-4-7-18(12-13)16(20)15-14(6-10-25-15)27(23,24)19-8-2-3-9-19/h6,10,13,17H,2-5,7-9,11-12H2,1H3. The Bertz CT molecular complexity index is 888. The first kappa shape index (κ1) is 20.7. The Kier molecular flexibility index (Phi) is 6.26. The molecule has 0 bridgehead atoms. The summed E-state index contributed by atoms with van der Waals surface area (Å²) in [6.07, 6.45) is 4.39. The van der Waals surface area contributed by atoms with Crippen molar-refractivity contribution < 1.29 is 21.6 Å². The van der Waals surface area contributed by atoms with Gasteiger partial charge in [-0.25, -0.2) is 21.6 Å². The number of likely N-dealkylation sites (tertiary alicyclic amines) is 1. The lowest BCUT2D eigenvalue weighted by Crippen LogP contribution is -2.43. The van der Waals surface area contributed by atoms with Crippen LogP contribution < -0.4 is 4.72 Å². The van der Waals surface area contributed by atoms with Crippen molar-refractivity contribution in [1.82, 2.24) is 13.9 Å².